The molecule has 0 aliphatic carbocycles. The second-order valence-corrected chi connectivity index (χ2v) is 5.17. The van der Waals surface area contributed by atoms with Crippen LogP contribution in [-0.4, -0.2) is 20.8 Å². The standard InChI is InChI=1S/C18H23NO2/c1-13(10-11-19)14-4-6-15(7-5-14)16-8-9-17(20-2)18(12-16)21-3/h4-9,12-13H,10-11,19H2,1-3H3. The molecule has 21 heavy (non-hydrogen) atoms. The van der Waals surface area contributed by atoms with E-state index in [4.69, 9.17) is 15.2 Å². The normalized spacial score (nSPS) is 12.0. The van der Waals surface area contributed by atoms with E-state index in [1.54, 1.807) is 14.2 Å². The topological polar surface area (TPSA) is 44.5 Å². The molecule has 0 heterocycles. The lowest BCUT2D eigenvalue weighted by Gasteiger charge is -2.12. The summed E-state index contributed by atoms with van der Waals surface area (Å²) in [5.41, 5.74) is 9.23. The van der Waals surface area contributed by atoms with Gasteiger partial charge in [0.2, 0.25) is 0 Å². The maximum absolute atomic E-state index is 5.62. The van der Waals surface area contributed by atoms with E-state index in [0.717, 1.165) is 30.0 Å². The summed E-state index contributed by atoms with van der Waals surface area (Å²) >= 11 is 0. The maximum Gasteiger partial charge on any atom is 0.161 e. The molecular formula is C18H23NO2. The van der Waals surface area contributed by atoms with Gasteiger partial charge in [-0.25, -0.2) is 0 Å². The summed E-state index contributed by atoms with van der Waals surface area (Å²) in [7, 11) is 3.30. The van der Waals surface area contributed by atoms with Crippen LogP contribution in [0.2, 0.25) is 0 Å². The predicted octanol–water partition coefficient (Wildman–Crippen LogP) is 3.82. The molecule has 1 unspecified atom stereocenters. The van der Waals surface area contributed by atoms with E-state index >= 15 is 0 Å². The minimum absolute atomic E-state index is 0.495. The third kappa shape index (κ3) is 3.56. The Morgan fingerprint density at radius 3 is 2.10 bits per heavy atom. The SMILES string of the molecule is COc1ccc(-c2ccc(C(C)CCN)cc2)cc1OC. The van der Waals surface area contributed by atoms with Crippen LogP contribution < -0.4 is 15.2 Å². The van der Waals surface area contributed by atoms with Gasteiger partial charge in [0.15, 0.2) is 11.5 Å². The zero-order valence-corrected chi connectivity index (χ0v) is 12.9. The lowest BCUT2D eigenvalue weighted by molar-refractivity contribution is 0.355. The van der Waals surface area contributed by atoms with Crippen molar-refractivity contribution >= 4 is 0 Å². The van der Waals surface area contributed by atoms with Gasteiger partial charge < -0.3 is 15.2 Å². The highest BCUT2D eigenvalue weighted by Gasteiger charge is 2.08. The van der Waals surface area contributed by atoms with Gasteiger partial charge in [0.1, 0.15) is 0 Å². The summed E-state index contributed by atoms with van der Waals surface area (Å²) in [4.78, 5) is 0. The molecule has 0 aliphatic rings. The van der Waals surface area contributed by atoms with Crippen LogP contribution in [0.5, 0.6) is 11.5 Å². The Kier molecular flexibility index (Phi) is 5.23. The van der Waals surface area contributed by atoms with E-state index in [2.05, 4.69) is 31.2 Å². The van der Waals surface area contributed by atoms with Crippen LogP contribution in [0.1, 0.15) is 24.8 Å². The molecule has 112 valence electrons. The minimum atomic E-state index is 0.495. The Bertz CT molecular complexity index is 578. The molecule has 0 aliphatic heterocycles. The van der Waals surface area contributed by atoms with Crippen molar-refractivity contribution in [3.8, 4) is 22.6 Å². The first kappa shape index (κ1) is 15.4. The van der Waals surface area contributed by atoms with Crippen LogP contribution >= 0.6 is 0 Å². The Morgan fingerprint density at radius 1 is 0.905 bits per heavy atom. The van der Waals surface area contributed by atoms with E-state index in [1.807, 2.05) is 18.2 Å². The molecule has 0 radical (unpaired) electrons. The van der Waals surface area contributed by atoms with Crippen LogP contribution in [0, 0.1) is 0 Å². The van der Waals surface area contributed by atoms with E-state index in [-0.39, 0.29) is 0 Å². The minimum Gasteiger partial charge on any atom is -0.493 e. The molecule has 0 fully saturated rings. The first-order valence-electron chi connectivity index (χ1n) is 7.22. The quantitative estimate of drug-likeness (QED) is 0.877. The summed E-state index contributed by atoms with van der Waals surface area (Å²) in [5.74, 6) is 1.99. The highest BCUT2D eigenvalue weighted by atomic mass is 16.5. The molecule has 0 spiro atoms. The molecule has 2 rings (SSSR count). The van der Waals surface area contributed by atoms with E-state index < -0.39 is 0 Å². The van der Waals surface area contributed by atoms with Gasteiger partial charge >= 0.3 is 0 Å². The Morgan fingerprint density at radius 2 is 1.52 bits per heavy atom. The molecule has 2 N–H and O–H groups in total. The van der Waals surface area contributed by atoms with Gasteiger partial charge in [-0.05, 0) is 47.7 Å². The zero-order valence-electron chi connectivity index (χ0n) is 12.9. The lowest BCUT2D eigenvalue weighted by atomic mass is 9.95. The third-order valence-corrected chi connectivity index (χ3v) is 3.80. The van der Waals surface area contributed by atoms with Gasteiger partial charge in [-0.15, -0.1) is 0 Å². The molecule has 1 atom stereocenters. The van der Waals surface area contributed by atoms with Gasteiger partial charge in [0, 0.05) is 0 Å². The Labute approximate surface area is 126 Å². The van der Waals surface area contributed by atoms with Gasteiger partial charge in [-0.3, -0.25) is 0 Å². The van der Waals surface area contributed by atoms with Gasteiger partial charge in [-0.2, -0.15) is 0 Å². The van der Waals surface area contributed by atoms with Crippen LogP contribution in [0.25, 0.3) is 11.1 Å². The van der Waals surface area contributed by atoms with Crippen molar-refractivity contribution in [2.24, 2.45) is 5.73 Å². The molecule has 0 aromatic heterocycles. The fraction of sp³-hybridized carbons (Fsp3) is 0.333. The summed E-state index contributed by atoms with van der Waals surface area (Å²) in [6.45, 7) is 2.93. The average Bonchev–Trinajstić information content (AvgIpc) is 2.54. The first-order valence-corrected chi connectivity index (χ1v) is 7.22. The van der Waals surface area contributed by atoms with E-state index in [9.17, 15) is 0 Å². The highest BCUT2D eigenvalue weighted by molar-refractivity contribution is 5.67. The van der Waals surface area contributed by atoms with Crippen molar-refractivity contribution in [3.63, 3.8) is 0 Å². The van der Waals surface area contributed by atoms with Gasteiger partial charge in [0.25, 0.3) is 0 Å². The predicted molar refractivity (Wildman–Crippen MR) is 87.1 cm³/mol. The number of nitrogens with two attached hydrogens (primary N) is 1. The Balaban J connectivity index is 2.26. The van der Waals surface area contributed by atoms with Crippen molar-refractivity contribution in [3.05, 3.63) is 48.0 Å². The van der Waals surface area contributed by atoms with Crippen molar-refractivity contribution in [2.75, 3.05) is 20.8 Å². The molecule has 3 heteroatoms. The number of rotatable bonds is 6. The summed E-state index contributed by atoms with van der Waals surface area (Å²) in [6.07, 6.45) is 1.01. The highest BCUT2D eigenvalue weighted by Crippen LogP contribution is 2.32. The third-order valence-electron chi connectivity index (χ3n) is 3.80. The zero-order chi connectivity index (χ0) is 15.2. The Hall–Kier alpha value is -2.00. The largest absolute Gasteiger partial charge is 0.493 e. The molecule has 0 saturated heterocycles. The molecule has 3 nitrogen and oxygen atoms in total. The fourth-order valence-electron chi connectivity index (χ4n) is 2.44. The molecular weight excluding hydrogens is 262 g/mol. The number of hydrogen-bond donors (Lipinski definition) is 1. The van der Waals surface area contributed by atoms with Crippen molar-refractivity contribution < 1.29 is 9.47 Å². The summed E-state index contributed by atoms with van der Waals surface area (Å²) in [6, 6.07) is 14.6. The number of ether oxygens (including phenoxy) is 2. The summed E-state index contributed by atoms with van der Waals surface area (Å²) in [5, 5.41) is 0. The van der Waals surface area contributed by atoms with Crippen LogP contribution in [0.15, 0.2) is 42.5 Å². The van der Waals surface area contributed by atoms with Crippen LogP contribution in [-0.2, 0) is 0 Å². The lowest BCUT2D eigenvalue weighted by Crippen LogP contribution is -2.04. The molecule has 0 saturated carbocycles. The number of benzene rings is 2. The number of methoxy groups -OCH3 is 2. The van der Waals surface area contributed by atoms with E-state index in [1.165, 1.54) is 11.1 Å². The van der Waals surface area contributed by atoms with Gasteiger partial charge in [-0.1, -0.05) is 37.3 Å². The fourth-order valence-corrected chi connectivity index (χ4v) is 2.44. The van der Waals surface area contributed by atoms with Gasteiger partial charge in [0.05, 0.1) is 14.2 Å². The molecule has 2 aromatic rings. The second-order valence-electron chi connectivity index (χ2n) is 5.17. The number of hydrogen-bond acceptors (Lipinski definition) is 3. The summed E-state index contributed by atoms with van der Waals surface area (Å²) < 4.78 is 10.6. The first-order chi connectivity index (χ1) is 10.2. The maximum atomic E-state index is 5.62. The molecule has 2 aromatic carbocycles. The van der Waals surface area contributed by atoms with Crippen molar-refractivity contribution in [1.29, 1.82) is 0 Å². The van der Waals surface area contributed by atoms with E-state index in [0.29, 0.717) is 5.92 Å². The molecule has 0 bridgehead atoms. The molecule has 0 amide bonds. The van der Waals surface area contributed by atoms with Crippen molar-refractivity contribution in [1.82, 2.24) is 0 Å². The average molecular weight is 285 g/mol. The van der Waals surface area contributed by atoms with Crippen LogP contribution in [0.3, 0.4) is 0 Å². The van der Waals surface area contributed by atoms with Crippen LogP contribution in [0.4, 0.5) is 0 Å². The monoisotopic (exact) mass is 285 g/mol. The van der Waals surface area contributed by atoms with Crippen molar-refractivity contribution in [2.45, 2.75) is 19.3 Å². The smallest absolute Gasteiger partial charge is 0.161 e. The second kappa shape index (κ2) is 7.14.